The van der Waals surface area contributed by atoms with Crippen LogP contribution in [0.1, 0.15) is 18.1 Å². The number of thioether (sulfide) groups is 1. The number of anilines is 1. The molecule has 0 spiro atoms. The molecule has 2 atom stereocenters. The van der Waals surface area contributed by atoms with E-state index < -0.39 is 17.0 Å². The standard InChI is InChI=1S/C25H22ClFN2O2S/c1-16(24(30)28-14-17-7-3-2-4-8-17)23-25(31)29(21-9-5-6-10-22(21)32-23)15-18-11-12-19(27)13-20(18)26/h2-13,16,23H,14-15H2,1H3,(H,28,30). The van der Waals surface area contributed by atoms with Crippen LogP contribution in [0.25, 0.3) is 0 Å². The van der Waals surface area contributed by atoms with Gasteiger partial charge in [0, 0.05) is 16.5 Å². The molecule has 3 aromatic carbocycles. The third kappa shape index (κ3) is 4.81. The van der Waals surface area contributed by atoms with Crippen molar-refractivity contribution in [3.05, 3.63) is 94.8 Å². The van der Waals surface area contributed by atoms with Crippen LogP contribution in [0.15, 0.2) is 77.7 Å². The topological polar surface area (TPSA) is 49.4 Å². The molecule has 4 rings (SSSR count). The van der Waals surface area contributed by atoms with Crippen molar-refractivity contribution in [2.45, 2.75) is 30.2 Å². The molecule has 1 N–H and O–H groups in total. The van der Waals surface area contributed by atoms with Crippen LogP contribution in [-0.2, 0) is 22.7 Å². The van der Waals surface area contributed by atoms with E-state index in [0.717, 1.165) is 16.1 Å². The van der Waals surface area contributed by atoms with Crippen LogP contribution in [0.5, 0.6) is 0 Å². The molecule has 2 unspecified atom stereocenters. The monoisotopic (exact) mass is 468 g/mol. The molecule has 7 heteroatoms. The Labute approximate surface area is 195 Å². The smallest absolute Gasteiger partial charge is 0.241 e. The number of carbonyl (C=O) groups is 2. The van der Waals surface area contributed by atoms with E-state index in [9.17, 15) is 14.0 Å². The Balaban J connectivity index is 1.55. The van der Waals surface area contributed by atoms with E-state index in [4.69, 9.17) is 11.6 Å². The van der Waals surface area contributed by atoms with E-state index in [0.29, 0.717) is 12.1 Å². The number of nitrogens with zero attached hydrogens (tertiary/aromatic N) is 1. The Morgan fingerprint density at radius 3 is 2.59 bits per heavy atom. The van der Waals surface area contributed by atoms with E-state index in [-0.39, 0.29) is 23.4 Å². The van der Waals surface area contributed by atoms with Gasteiger partial charge >= 0.3 is 0 Å². The fraction of sp³-hybridized carbons (Fsp3) is 0.200. The van der Waals surface area contributed by atoms with E-state index in [1.165, 1.54) is 23.9 Å². The number of fused-ring (bicyclic) bond motifs is 1. The molecule has 0 fully saturated rings. The molecule has 0 bridgehead atoms. The molecule has 0 radical (unpaired) electrons. The van der Waals surface area contributed by atoms with Crippen LogP contribution in [0.4, 0.5) is 10.1 Å². The van der Waals surface area contributed by atoms with Crippen molar-refractivity contribution < 1.29 is 14.0 Å². The highest BCUT2D eigenvalue weighted by Crippen LogP contribution is 2.42. The van der Waals surface area contributed by atoms with Crippen molar-refractivity contribution in [1.82, 2.24) is 5.32 Å². The molecule has 0 saturated heterocycles. The lowest BCUT2D eigenvalue weighted by atomic mass is 10.0. The summed E-state index contributed by atoms with van der Waals surface area (Å²) in [5.74, 6) is -1.33. The van der Waals surface area contributed by atoms with Gasteiger partial charge in [-0.2, -0.15) is 0 Å². The Kier molecular flexibility index (Phi) is 6.82. The molecule has 2 amide bonds. The largest absolute Gasteiger partial charge is 0.352 e. The average molecular weight is 469 g/mol. The minimum absolute atomic E-state index is 0.170. The maximum atomic E-state index is 13.5. The summed E-state index contributed by atoms with van der Waals surface area (Å²) in [6.45, 7) is 2.37. The highest BCUT2D eigenvalue weighted by molar-refractivity contribution is 8.01. The number of benzene rings is 3. The Morgan fingerprint density at radius 1 is 1.12 bits per heavy atom. The van der Waals surface area contributed by atoms with Crippen molar-refractivity contribution in [1.29, 1.82) is 0 Å². The van der Waals surface area contributed by atoms with E-state index in [1.54, 1.807) is 17.9 Å². The quantitative estimate of drug-likeness (QED) is 0.524. The zero-order chi connectivity index (χ0) is 22.7. The van der Waals surface area contributed by atoms with Crippen molar-refractivity contribution in [2.24, 2.45) is 5.92 Å². The first-order valence-corrected chi connectivity index (χ1v) is 11.5. The van der Waals surface area contributed by atoms with Crippen LogP contribution in [0, 0.1) is 11.7 Å². The predicted octanol–water partition coefficient (Wildman–Crippen LogP) is 5.44. The van der Waals surface area contributed by atoms with Gasteiger partial charge in [-0.05, 0) is 35.4 Å². The first kappa shape index (κ1) is 22.4. The van der Waals surface area contributed by atoms with Crippen LogP contribution in [0.3, 0.4) is 0 Å². The lowest BCUT2D eigenvalue weighted by Crippen LogP contribution is -2.47. The van der Waals surface area contributed by atoms with E-state index in [1.807, 2.05) is 54.6 Å². The number of rotatable bonds is 6. The molecule has 4 nitrogen and oxygen atoms in total. The third-order valence-corrected chi connectivity index (χ3v) is 7.26. The predicted molar refractivity (Wildman–Crippen MR) is 126 cm³/mol. The van der Waals surface area contributed by atoms with Crippen LogP contribution in [0.2, 0.25) is 5.02 Å². The summed E-state index contributed by atoms with van der Waals surface area (Å²) in [5, 5.41) is 2.61. The molecule has 0 saturated carbocycles. The van der Waals surface area contributed by atoms with Gasteiger partial charge in [-0.1, -0.05) is 67.1 Å². The van der Waals surface area contributed by atoms with Crippen LogP contribution < -0.4 is 10.2 Å². The number of carbonyl (C=O) groups excluding carboxylic acids is 2. The second kappa shape index (κ2) is 9.76. The van der Waals surface area contributed by atoms with Gasteiger partial charge in [0.1, 0.15) is 11.1 Å². The van der Waals surface area contributed by atoms with Gasteiger partial charge in [-0.3, -0.25) is 9.59 Å². The Hall–Kier alpha value is -2.83. The molecule has 32 heavy (non-hydrogen) atoms. The Morgan fingerprint density at radius 2 is 1.84 bits per heavy atom. The molecular formula is C25H22ClFN2O2S. The minimum atomic E-state index is -0.583. The average Bonchev–Trinajstić information content (AvgIpc) is 2.80. The fourth-order valence-corrected chi connectivity index (χ4v) is 5.13. The van der Waals surface area contributed by atoms with Gasteiger partial charge < -0.3 is 10.2 Å². The number of halogens is 2. The molecule has 0 aliphatic carbocycles. The summed E-state index contributed by atoms with van der Waals surface area (Å²) in [6, 6.07) is 21.4. The number of hydrogen-bond donors (Lipinski definition) is 1. The van der Waals surface area contributed by atoms with Crippen molar-refractivity contribution in [2.75, 3.05) is 4.90 Å². The third-order valence-electron chi connectivity index (χ3n) is 5.44. The zero-order valence-corrected chi connectivity index (χ0v) is 19.0. The van der Waals surface area contributed by atoms with Crippen molar-refractivity contribution >= 4 is 40.9 Å². The van der Waals surface area contributed by atoms with E-state index in [2.05, 4.69) is 5.32 Å². The second-order valence-electron chi connectivity index (χ2n) is 7.66. The summed E-state index contributed by atoms with van der Waals surface area (Å²) < 4.78 is 13.5. The maximum Gasteiger partial charge on any atom is 0.241 e. The highest BCUT2D eigenvalue weighted by atomic mass is 35.5. The molecule has 1 heterocycles. The van der Waals surface area contributed by atoms with Crippen molar-refractivity contribution in [3.63, 3.8) is 0 Å². The molecule has 1 aliphatic rings. The van der Waals surface area contributed by atoms with E-state index >= 15 is 0 Å². The number of nitrogens with one attached hydrogen (secondary N) is 1. The fourth-order valence-electron chi connectivity index (χ4n) is 3.62. The summed E-state index contributed by atoms with van der Waals surface area (Å²) in [4.78, 5) is 28.9. The number of hydrogen-bond acceptors (Lipinski definition) is 3. The molecule has 1 aliphatic heterocycles. The molecule has 164 valence electrons. The minimum Gasteiger partial charge on any atom is -0.352 e. The lowest BCUT2D eigenvalue weighted by Gasteiger charge is -2.36. The highest BCUT2D eigenvalue weighted by Gasteiger charge is 2.39. The number of amides is 2. The van der Waals surface area contributed by atoms with Crippen LogP contribution in [-0.4, -0.2) is 17.1 Å². The molecular weight excluding hydrogens is 447 g/mol. The van der Waals surface area contributed by atoms with Crippen LogP contribution >= 0.6 is 23.4 Å². The summed E-state index contributed by atoms with van der Waals surface area (Å²) >= 11 is 7.62. The SMILES string of the molecule is CC(C(=O)NCc1ccccc1)C1Sc2ccccc2N(Cc2ccc(F)cc2Cl)C1=O. The first-order valence-electron chi connectivity index (χ1n) is 10.3. The summed E-state index contributed by atoms with van der Waals surface area (Å²) in [7, 11) is 0. The van der Waals surface area contributed by atoms with Gasteiger partial charge in [0.2, 0.25) is 11.8 Å². The van der Waals surface area contributed by atoms with Crippen molar-refractivity contribution in [3.8, 4) is 0 Å². The summed E-state index contributed by atoms with van der Waals surface area (Å²) in [5.41, 5.74) is 2.40. The van der Waals surface area contributed by atoms with Gasteiger partial charge in [-0.25, -0.2) is 4.39 Å². The molecule has 0 aromatic heterocycles. The second-order valence-corrected chi connectivity index (χ2v) is 9.25. The zero-order valence-electron chi connectivity index (χ0n) is 17.4. The molecule has 3 aromatic rings. The Bertz CT molecular complexity index is 1140. The maximum absolute atomic E-state index is 13.5. The van der Waals surface area contributed by atoms with Gasteiger partial charge in [0.05, 0.1) is 18.2 Å². The summed E-state index contributed by atoms with van der Waals surface area (Å²) in [6.07, 6.45) is 0. The van der Waals surface area contributed by atoms with Gasteiger partial charge in [-0.15, -0.1) is 11.8 Å². The van der Waals surface area contributed by atoms with Gasteiger partial charge in [0.15, 0.2) is 0 Å². The van der Waals surface area contributed by atoms with Gasteiger partial charge in [0.25, 0.3) is 0 Å². The lowest BCUT2D eigenvalue weighted by molar-refractivity contribution is -0.128. The normalized spacial score (nSPS) is 16.4. The number of para-hydroxylation sites is 1. The first-order chi connectivity index (χ1) is 15.4.